The van der Waals surface area contributed by atoms with E-state index in [0.717, 1.165) is 47.8 Å². The van der Waals surface area contributed by atoms with Gasteiger partial charge in [-0.1, -0.05) is 6.07 Å². The fraction of sp³-hybridized carbons (Fsp3) is 0.375. The van der Waals surface area contributed by atoms with Crippen LogP contribution in [0.1, 0.15) is 37.1 Å². The van der Waals surface area contributed by atoms with Gasteiger partial charge in [-0.3, -0.25) is 0 Å². The van der Waals surface area contributed by atoms with Crippen LogP contribution in [-0.2, 0) is 0 Å². The monoisotopic (exact) mass is 271 g/mol. The van der Waals surface area contributed by atoms with Gasteiger partial charge in [-0.2, -0.15) is 0 Å². The lowest BCUT2D eigenvalue weighted by molar-refractivity contribution is 0.628. The highest BCUT2D eigenvalue weighted by Crippen LogP contribution is 2.39. The van der Waals surface area contributed by atoms with E-state index in [0.29, 0.717) is 5.92 Å². The van der Waals surface area contributed by atoms with E-state index in [9.17, 15) is 4.39 Å². The van der Waals surface area contributed by atoms with Crippen LogP contribution in [0, 0.1) is 12.7 Å². The standard InChI is InChI=1S/C16H18FN3/c1-3-18-15-9-14(19-16(20-15)11-5-6-11)13-8-12(17)7-4-10(13)2/h4,7-9,11H,3,5-6H2,1-2H3,(H,18,19,20). The van der Waals surface area contributed by atoms with Gasteiger partial charge in [0.05, 0.1) is 5.69 Å². The Kier molecular flexibility index (Phi) is 3.38. The molecule has 0 aliphatic heterocycles. The first kappa shape index (κ1) is 13.0. The number of nitrogens with one attached hydrogen (secondary N) is 1. The molecule has 0 radical (unpaired) electrons. The number of hydrogen-bond donors (Lipinski definition) is 1. The number of hydrogen-bond acceptors (Lipinski definition) is 3. The summed E-state index contributed by atoms with van der Waals surface area (Å²) in [6.07, 6.45) is 2.30. The molecule has 20 heavy (non-hydrogen) atoms. The maximum Gasteiger partial charge on any atom is 0.134 e. The van der Waals surface area contributed by atoms with E-state index in [1.165, 1.54) is 6.07 Å². The Hall–Kier alpha value is -1.97. The van der Waals surface area contributed by atoms with Gasteiger partial charge in [0.1, 0.15) is 17.5 Å². The summed E-state index contributed by atoms with van der Waals surface area (Å²) in [5, 5.41) is 3.23. The highest BCUT2D eigenvalue weighted by molar-refractivity contribution is 5.66. The first-order valence-corrected chi connectivity index (χ1v) is 7.06. The van der Waals surface area contributed by atoms with Gasteiger partial charge in [0, 0.05) is 24.1 Å². The summed E-state index contributed by atoms with van der Waals surface area (Å²) in [5.41, 5.74) is 2.66. The first-order valence-electron chi connectivity index (χ1n) is 7.06. The summed E-state index contributed by atoms with van der Waals surface area (Å²) in [7, 11) is 0. The average Bonchev–Trinajstić information content (AvgIpc) is 3.26. The van der Waals surface area contributed by atoms with Gasteiger partial charge >= 0.3 is 0 Å². The number of rotatable bonds is 4. The van der Waals surface area contributed by atoms with Crippen molar-refractivity contribution < 1.29 is 4.39 Å². The van der Waals surface area contributed by atoms with E-state index in [1.807, 2.05) is 19.9 Å². The van der Waals surface area contributed by atoms with Crippen LogP contribution in [0.25, 0.3) is 11.3 Å². The van der Waals surface area contributed by atoms with Crippen molar-refractivity contribution in [1.29, 1.82) is 0 Å². The third-order valence-electron chi connectivity index (χ3n) is 3.52. The summed E-state index contributed by atoms with van der Waals surface area (Å²) >= 11 is 0. The van der Waals surface area contributed by atoms with Gasteiger partial charge in [0.2, 0.25) is 0 Å². The van der Waals surface area contributed by atoms with Crippen molar-refractivity contribution in [3.05, 3.63) is 41.5 Å². The Labute approximate surface area is 118 Å². The average molecular weight is 271 g/mol. The van der Waals surface area contributed by atoms with Crippen molar-refractivity contribution in [3.8, 4) is 11.3 Å². The molecule has 1 aromatic heterocycles. The number of aromatic nitrogens is 2. The second kappa shape index (κ2) is 5.19. The second-order valence-electron chi connectivity index (χ2n) is 5.26. The topological polar surface area (TPSA) is 37.8 Å². The van der Waals surface area contributed by atoms with Gasteiger partial charge in [0.15, 0.2) is 0 Å². The molecule has 3 nitrogen and oxygen atoms in total. The summed E-state index contributed by atoms with van der Waals surface area (Å²) in [6.45, 7) is 4.81. The summed E-state index contributed by atoms with van der Waals surface area (Å²) in [6, 6.07) is 6.71. The molecule has 0 spiro atoms. The van der Waals surface area contributed by atoms with Crippen molar-refractivity contribution in [2.45, 2.75) is 32.6 Å². The largest absolute Gasteiger partial charge is 0.370 e. The van der Waals surface area contributed by atoms with E-state index >= 15 is 0 Å². The first-order chi connectivity index (χ1) is 9.67. The molecule has 1 saturated carbocycles. The molecule has 0 unspecified atom stereocenters. The van der Waals surface area contributed by atoms with E-state index < -0.39 is 0 Å². The quantitative estimate of drug-likeness (QED) is 0.916. The molecule has 0 saturated heterocycles. The van der Waals surface area contributed by atoms with Gasteiger partial charge in [-0.25, -0.2) is 14.4 Å². The van der Waals surface area contributed by atoms with Gasteiger partial charge in [-0.15, -0.1) is 0 Å². The number of halogens is 1. The minimum atomic E-state index is -0.234. The Morgan fingerprint density at radius 2 is 2.05 bits per heavy atom. The predicted molar refractivity (Wildman–Crippen MR) is 78.3 cm³/mol. The molecule has 1 aliphatic carbocycles. The van der Waals surface area contributed by atoms with Crippen LogP contribution in [0.15, 0.2) is 24.3 Å². The van der Waals surface area contributed by atoms with Crippen LogP contribution in [0.3, 0.4) is 0 Å². The third kappa shape index (κ3) is 2.64. The molecule has 1 aromatic carbocycles. The highest BCUT2D eigenvalue weighted by Gasteiger charge is 2.27. The number of benzene rings is 1. The van der Waals surface area contributed by atoms with E-state index in [-0.39, 0.29) is 5.82 Å². The SMILES string of the molecule is CCNc1cc(-c2cc(F)ccc2C)nc(C2CC2)n1. The Balaban J connectivity index is 2.09. The van der Waals surface area contributed by atoms with Crippen LogP contribution in [-0.4, -0.2) is 16.5 Å². The Morgan fingerprint density at radius 3 is 2.75 bits per heavy atom. The zero-order valence-corrected chi connectivity index (χ0v) is 11.8. The molecule has 1 N–H and O–H groups in total. The number of anilines is 1. The van der Waals surface area contributed by atoms with E-state index in [2.05, 4.69) is 15.3 Å². The lowest BCUT2D eigenvalue weighted by atomic mass is 10.1. The van der Waals surface area contributed by atoms with E-state index in [4.69, 9.17) is 0 Å². The van der Waals surface area contributed by atoms with Crippen molar-refractivity contribution in [3.63, 3.8) is 0 Å². The third-order valence-corrected chi connectivity index (χ3v) is 3.52. The minimum Gasteiger partial charge on any atom is -0.370 e. The molecule has 1 aliphatic rings. The summed E-state index contributed by atoms with van der Waals surface area (Å²) in [4.78, 5) is 9.18. The molecular formula is C16H18FN3. The van der Waals surface area contributed by atoms with Gasteiger partial charge in [-0.05, 0) is 44.4 Å². The highest BCUT2D eigenvalue weighted by atomic mass is 19.1. The smallest absolute Gasteiger partial charge is 0.134 e. The van der Waals surface area contributed by atoms with Gasteiger partial charge < -0.3 is 5.32 Å². The molecule has 0 bridgehead atoms. The van der Waals surface area contributed by atoms with Crippen LogP contribution in [0.5, 0.6) is 0 Å². The lowest BCUT2D eigenvalue weighted by Crippen LogP contribution is -2.04. The molecule has 104 valence electrons. The molecule has 3 rings (SSSR count). The molecule has 0 amide bonds. The van der Waals surface area contributed by atoms with Crippen molar-refractivity contribution in [2.24, 2.45) is 0 Å². The van der Waals surface area contributed by atoms with Crippen molar-refractivity contribution >= 4 is 5.82 Å². The molecule has 0 atom stereocenters. The van der Waals surface area contributed by atoms with Crippen LogP contribution in [0.2, 0.25) is 0 Å². The fourth-order valence-electron chi connectivity index (χ4n) is 2.27. The number of nitrogens with zero attached hydrogens (tertiary/aromatic N) is 2. The zero-order valence-electron chi connectivity index (χ0n) is 11.8. The summed E-state index contributed by atoms with van der Waals surface area (Å²) < 4.78 is 13.5. The van der Waals surface area contributed by atoms with Crippen LogP contribution < -0.4 is 5.32 Å². The van der Waals surface area contributed by atoms with Gasteiger partial charge in [0.25, 0.3) is 0 Å². The Bertz CT molecular complexity index is 636. The lowest BCUT2D eigenvalue weighted by Gasteiger charge is -2.10. The maximum absolute atomic E-state index is 13.5. The molecule has 1 fully saturated rings. The maximum atomic E-state index is 13.5. The van der Waals surface area contributed by atoms with Crippen molar-refractivity contribution in [1.82, 2.24) is 9.97 Å². The second-order valence-corrected chi connectivity index (χ2v) is 5.26. The minimum absolute atomic E-state index is 0.234. The number of aryl methyl sites for hydroxylation is 1. The normalized spacial score (nSPS) is 14.3. The van der Waals surface area contributed by atoms with Crippen molar-refractivity contribution in [2.75, 3.05) is 11.9 Å². The molecule has 1 heterocycles. The summed E-state index contributed by atoms with van der Waals surface area (Å²) in [5.74, 6) is 1.94. The molecule has 2 aromatic rings. The van der Waals surface area contributed by atoms with E-state index in [1.54, 1.807) is 12.1 Å². The molecular weight excluding hydrogens is 253 g/mol. The predicted octanol–water partition coefficient (Wildman–Crippen LogP) is 3.90. The Morgan fingerprint density at radius 1 is 1.25 bits per heavy atom. The zero-order chi connectivity index (χ0) is 14.1. The van der Waals surface area contributed by atoms with Crippen LogP contribution >= 0.6 is 0 Å². The fourth-order valence-corrected chi connectivity index (χ4v) is 2.27. The van der Waals surface area contributed by atoms with Crippen LogP contribution in [0.4, 0.5) is 10.2 Å². The molecule has 4 heteroatoms.